The lowest BCUT2D eigenvalue weighted by Gasteiger charge is -2.13. The molecular weight excluding hydrogens is 295 g/mol. The minimum Gasteiger partial charge on any atom is -0.387 e. The van der Waals surface area contributed by atoms with Crippen LogP contribution in [0.1, 0.15) is 22.0 Å². The van der Waals surface area contributed by atoms with Crippen LogP contribution in [0.15, 0.2) is 54.7 Å². The number of aliphatic hydroxyl groups is 1. The zero-order valence-corrected chi connectivity index (χ0v) is 12.7. The Kier molecular flexibility index (Phi) is 4.12. The molecule has 0 fully saturated rings. The van der Waals surface area contributed by atoms with Gasteiger partial charge in [0.2, 0.25) is 0 Å². The smallest absolute Gasteiger partial charge is 0.254 e. The second kappa shape index (κ2) is 6.22. The average molecular weight is 312 g/mol. The number of fused-ring (bicyclic) bond motifs is 1. The molecule has 0 spiro atoms. The van der Waals surface area contributed by atoms with E-state index in [0.717, 1.165) is 10.9 Å². The fraction of sp³-hybridized carbons (Fsp3) is 0.167. The van der Waals surface area contributed by atoms with Gasteiger partial charge in [-0.15, -0.1) is 0 Å². The summed E-state index contributed by atoms with van der Waals surface area (Å²) in [5, 5.41) is 13.8. The second-order valence-electron chi connectivity index (χ2n) is 5.45. The van der Waals surface area contributed by atoms with Crippen molar-refractivity contribution in [3.05, 3.63) is 71.7 Å². The number of rotatable bonds is 4. The summed E-state index contributed by atoms with van der Waals surface area (Å²) in [6.07, 6.45) is 1.09. The predicted molar refractivity (Wildman–Crippen MR) is 86.6 cm³/mol. The third kappa shape index (κ3) is 3.10. The standard InChI is InChI=1S/C18H17FN2O2/c1-21-9-8-12-10-13(6-7-16(12)21)17(22)11-20-18(23)14-4-2-3-5-15(14)19/h2-10,17,22H,11H2,1H3,(H,20,23). The van der Waals surface area contributed by atoms with Gasteiger partial charge in [0.25, 0.3) is 5.91 Å². The van der Waals surface area contributed by atoms with Crippen LogP contribution in [-0.4, -0.2) is 22.1 Å². The van der Waals surface area contributed by atoms with Crippen LogP contribution in [0.5, 0.6) is 0 Å². The summed E-state index contributed by atoms with van der Waals surface area (Å²) >= 11 is 0. The van der Waals surface area contributed by atoms with E-state index in [0.29, 0.717) is 5.56 Å². The normalized spacial score (nSPS) is 12.3. The van der Waals surface area contributed by atoms with E-state index in [1.54, 1.807) is 6.07 Å². The Morgan fingerprint density at radius 3 is 2.83 bits per heavy atom. The van der Waals surface area contributed by atoms with Crippen molar-refractivity contribution in [3.63, 3.8) is 0 Å². The van der Waals surface area contributed by atoms with Crippen molar-refractivity contribution in [2.75, 3.05) is 6.54 Å². The zero-order valence-electron chi connectivity index (χ0n) is 12.7. The molecule has 2 N–H and O–H groups in total. The van der Waals surface area contributed by atoms with Crippen molar-refractivity contribution in [2.24, 2.45) is 7.05 Å². The summed E-state index contributed by atoms with van der Waals surface area (Å²) in [5.74, 6) is -1.12. The summed E-state index contributed by atoms with van der Waals surface area (Å²) in [6, 6.07) is 13.4. The lowest BCUT2D eigenvalue weighted by Crippen LogP contribution is -2.29. The fourth-order valence-electron chi connectivity index (χ4n) is 2.56. The highest BCUT2D eigenvalue weighted by molar-refractivity contribution is 5.94. The van der Waals surface area contributed by atoms with Crippen LogP contribution < -0.4 is 5.32 Å². The van der Waals surface area contributed by atoms with Crippen LogP contribution in [0.2, 0.25) is 0 Å². The van der Waals surface area contributed by atoms with Gasteiger partial charge in [0.1, 0.15) is 5.82 Å². The van der Waals surface area contributed by atoms with E-state index in [-0.39, 0.29) is 12.1 Å². The SMILES string of the molecule is Cn1ccc2cc(C(O)CNC(=O)c3ccccc3F)ccc21. The first-order valence-corrected chi connectivity index (χ1v) is 7.32. The van der Waals surface area contributed by atoms with Gasteiger partial charge in [-0.2, -0.15) is 0 Å². The van der Waals surface area contributed by atoms with Gasteiger partial charge >= 0.3 is 0 Å². The van der Waals surface area contributed by atoms with Gasteiger partial charge in [0, 0.05) is 25.3 Å². The van der Waals surface area contributed by atoms with Gasteiger partial charge in [-0.1, -0.05) is 18.2 Å². The molecule has 0 bridgehead atoms. The molecule has 1 atom stereocenters. The van der Waals surface area contributed by atoms with Crippen LogP contribution in [-0.2, 0) is 7.05 Å². The number of aromatic nitrogens is 1. The van der Waals surface area contributed by atoms with Crippen LogP contribution >= 0.6 is 0 Å². The molecule has 118 valence electrons. The average Bonchev–Trinajstić information content (AvgIpc) is 2.93. The Hall–Kier alpha value is -2.66. The van der Waals surface area contributed by atoms with Crippen LogP contribution in [0, 0.1) is 5.82 Å². The van der Waals surface area contributed by atoms with Crippen molar-refractivity contribution >= 4 is 16.8 Å². The molecule has 5 heteroatoms. The molecule has 0 saturated carbocycles. The number of carbonyl (C=O) groups is 1. The van der Waals surface area contributed by atoms with Crippen molar-refractivity contribution in [3.8, 4) is 0 Å². The number of aliphatic hydroxyl groups excluding tert-OH is 1. The van der Waals surface area contributed by atoms with E-state index in [1.807, 2.05) is 42.1 Å². The molecule has 0 radical (unpaired) electrons. The highest BCUT2D eigenvalue weighted by Crippen LogP contribution is 2.21. The van der Waals surface area contributed by atoms with Gasteiger partial charge in [-0.25, -0.2) is 4.39 Å². The molecule has 3 rings (SSSR count). The molecule has 1 heterocycles. The van der Waals surface area contributed by atoms with Crippen LogP contribution in [0.4, 0.5) is 4.39 Å². The second-order valence-corrected chi connectivity index (χ2v) is 5.45. The highest BCUT2D eigenvalue weighted by Gasteiger charge is 2.14. The number of aryl methyl sites for hydroxylation is 1. The number of nitrogens with one attached hydrogen (secondary N) is 1. The molecule has 0 aliphatic heterocycles. The molecule has 1 unspecified atom stereocenters. The van der Waals surface area contributed by atoms with E-state index in [2.05, 4.69) is 5.32 Å². The van der Waals surface area contributed by atoms with Crippen molar-refractivity contribution in [2.45, 2.75) is 6.10 Å². The quantitative estimate of drug-likeness (QED) is 0.778. The third-order valence-corrected chi connectivity index (χ3v) is 3.87. The molecule has 0 saturated heterocycles. The summed E-state index contributed by atoms with van der Waals surface area (Å²) in [7, 11) is 1.95. The molecule has 1 amide bonds. The molecule has 1 aromatic heterocycles. The molecule has 2 aromatic carbocycles. The maximum Gasteiger partial charge on any atom is 0.254 e. The first kappa shape index (κ1) is 15.2. The number of nitrogens with zero attached hydrogens (tertiary/aromatic N) is 1. The Morgan fingerprint density at radius 2 is 2.04 bits per heavy atom. The molecule has 0 aliphatic carbocycles. The van der Waals surface area contributed by atoms with E-state index in [9.17, 15) is 14.3 Å². The topological polar surface area (TPSA) is 54.3 Å². The Morgan fingerprint density at radius 1 is 1.26 bits per heavy atom. The first-order valence-electron chi connectivity index (χ1n) is 7.32. The first-order chi connectivity index (χ1) is 11.1. The van der Waals surface area contributed by atoms with Crippen molar-refractivity contribution in [1.82, 2.24) is 9.88 Å². The van der Waals surface area contributed by atoms with Gasteiger partial charge in [-0.05, 0) is 41.3 Å². The maximum absolute atomic E-state index is 13.5. The zero-order chi connectivity index (χ0) is 16.4. The number of hydrogen-bond donors (Lipinski definition) is 2. The van der Waals surface area contributed by atoms with E-state index < -0.39 is 17.8 Å². The monoisotopic (exact) mass is 312 g/mol. The Balaban J connectivity index is 1.69. The number of benzene rings is 2. The van der Waals surface area contributed by atoms with E-state index in [4.69, 9.17) is 0 Å². The Labute approximate surface area is 133 Å². The number of carbonyl (C=O) groups excluding carboxylic acids is 1. The molecule has 3 aromatic rings. The highest BCUT2D eigenvalue weighted by atomic mass is 19.1. The summed E-state index contributed by atoms with van der Waals surface area (Å²) in [5.41, 5.74) is 1.74. The number of hydrogen-bond acceptors (Lipinski definition) is 2. The Bertz CT molecular complexity index is 857. The molecule has 4 nitrogen and oxygen atoms in total. The molecule has 23 heavy (non-hydrogen) atoms. The molecule has 0 aliphatic rings. The summed E-state index contributed by atoms with van der Waals surface area (Å²) in [4.78, 5) is 12.0. The largest absolute Gasteiger partial charge is 0.387 e. The predicted octanol–water partition coefficient (Wildman–Crippen LogP) is 2.78. The molecular formula is C18H17FN2O2. The minimum absolute atomic E-state index is 0.0194. The van der Waals surface area contributed by atoms with E-state index in [1.165, 1.54) is 18.2 Å². The maximum atomic E-state index is 13.5. The summed E-state index contributed by atoms with van der Waals surface area (Å²) < 4.78 is 15.5. The third-order valence-electron chi connectivity index (χ3n) is 3.87. The minimum atomic E-state index is -0.852. The number of amides is 1. The van der Waals surface area contributed by atoms with Crippen LogP contribution in [0.25, 0.3) is 10.9 Å². The van der Waals surface area contributed by atoms with Crippen LogP contribution in [0.3, 0.4) is 0 Å². The van der Waals surface area contributed by atoms with Gasteiger partial charge in [0.15, 0.2) is 0 Å². The lowest BCUT2D eigenvalue weighted by molar-refractivity contribution is 0.0912. The number of halogens is 1. The lowest BCUT2D eigenvalue weighted by atomic mass is 10.1. The van der Waals surface area contributed by atoms with Crippen molar-refractivity contribution < 1.29 is 14.3 Å². The van der Waals surface area contributed by atoms with Gasteiger partial charge in [-0.3, -0.25) is 4.79 Å². The van der Waals surface area contributed by atoms with Gasteiger partial charge in [0.05, 0.1) is 11.7 Å². The fourth-order valence-corrected chi connectivity index (χ4v) is 2.56. The van der Waals surface area contributed by atoms with Gasteiger partial charge < -0.3 is 15.0 Å². The van der Waals surface area contributed by atoms with E-state index >= 15 is 0 Å². The van der Waals surface area contributed by atoms with Crippen molar-refractivity contribution in [1.29, 1.82) is 0 Å². The summed E-state index contributed by atoms with van der Waals surface area (Å²) in [6.45, 7) is 0.0194.